The van der Waals surface area contributed by atoms with Gasteiger partial charge < -0.3 is 9.84 Å². The lowest BCUT2D eigenvalue weighted by Gasteiger charge is -2.14. The predicted molar refractivity (Wildman–Crippen MR) is 126 cm³/mol. The van der Waals surface area contributed by atoms with Crippen LogP contribution in [0.3, 0.4) is 0 Å². The van der Waals surface area contributed by atoms with E-state index in [1.807, 2.05) is 12.1 Å². The Morgan fingerprint density at radius 2 is 1.97 bits per heavy atom. The minimum Gasteiger partial charge on any atom is -0.350 e. The Labute approximate surface area is 203 Å². The van der Waals surface area contributed by atoms with Gasteiger partial charge in [-0.05, 0) is 47.7 Å². The fraction of sp³-hybridized carbons (Fsp3) is 0.174. The maximum Gasteiger partial charge on any atom is 0.293 e. The van der Waals surface area contributed by atoms with Crippen LogP contribution in [0.4, 0.5) is 9.18 Å². The minimum absolute atomic E-state index is 0.0363. The summed E-state index contributed by atoms with van der Waals surface area (Å²) in [7, 11) is 0. The lowest BCUT2D eigenvalue weighted by atomic mass is 10.2. The third-order valence-corrected chi connectivity index (χ3v) is 6.70. The molecule has 1 aliphatic rings. The average molecular weight is 499 g/mol. The summed E-state index contributed by atoms with van der Waals surface area (Å²) in [5, 5.41) is 6.19. The zero-order chi connectivity index (χ0) is 24.1. The third-order valence-electron chi connectivity index (χ3n) is 4.72. The first-order valence-corrected chi connectivity index (χ1v) is 12.0. The number of hydrogen-bond acceptors (Lipinski definition) is 8. The van der Waals surface area contributed by atoms with Gasteiger partial charge in [-0.1, -0.05) is 29.4 Å². The number of aryl methyl sites for hydroxylation is 1. The number of carbonyl (C=O) groups is 3. The molecule has 0 aliphatic carbocycles. The molecule has 0 radical (unpaired) electrons. The summed E-state index contributed by atoms with van der Waals surface area (Å²) in [6.45, 7) is 1.84. The second-order valence-electron chi connectivity index (χ2n) is 7.16. The molecule has 0 bridgehead atoms. The molecule has 174 valence electrons. The van der Waals surface area contributed by atoms with Gasteiger partial charge in [-0.3, -0.25) is 19.3 Å². The number of halogens is 1. The van der Waals surface area contributed by atoms with E-state index in [4.69, 9.17) is 4.52 Å². The maximum absolute atomic E-state index is 13.1. The van der Waals surface area contributed by atoms with Crippen LogP contribution >= 0.6 is 23.5 Å². The quantitative estimate of drug-likeness (QED) is 0.363. The van der Waals surface area contributed by atoms with Crippen molar-refractivity contribution >= 4 is 46.7 Å². The van der Waals surface area contributed by atoms with Crippen molar-refractivity contribution in [1.82, 2.24) is 20.4 Å². The summed E-state index contributed by atoms with van der Waals surface area (Å²) in [5.74, 6) is 0.304. The lowest BCUT2D eigenvalue weighted by molar-refractivity contribution is -0.122. The topological polar surface area (TPSA) is 105 Å². The molecular weight excluding hydrogens is 479 g/mol. The van der Waals surface area contributed by atoms with E-state index in [1.54, 1.807) is 25.1 Å². The molecule has 1 saturated heterocycles. The molecule has 1 N–H and O–H groups in total. The largest absolute Gasteiger partial charge is 0.350 e. The fourth-order valence-corrected chi connectivity index (χ4v) is 4.86. The highest BCUT2D eigenvalue weighted by Crippen LogP contribution is 2.32. The normalized spacial score (nSPS) is 14.8. The molecule has 4 rings (SSSR count). The van der Waals surface area contributed by atoms with Gasteiger partial charge >= 0.3 is 0 Å². The second-order valence-corrected chi connectivity index (χ2v) is 9.17. The first-order valence-electron chi connectivity index (χ1n) is 10.2. The molecular formula is C23H19FN4O4S2. The number of rotatable bonds is 8. The molecule has 1 aliphatic heterocycles. The zero-order valence-electron chi connectivity index (χ0n) is 18.0. The van der Waals surface area contributed by atoms with Crippen LogP contribution in [-0.2, 0) is 10.5 Å². The zero-order valence-corrected chi connectivity index (χ0v) is 19.6. The first-order chi connectivity index (χ1) is 16.4. The fourth-order valence-electron chi connectivity index (χ4n) is 3.10. The number of hydrogen-bond donors (Lipinski definition) is 1. The minimum atomic E-state index is -0.445. The van der Waals surface area contributed by atoms with Crippen LogP contribution in [0.2, 0.25) is 0 Å². The van der Waals surface area contributed by atoms with E-state index in [9.17, 15) is 18.8 Å². The van der Waals surface area contributed by atoms with Crippen molar-refractivity contribution in [3.8, 4) is 0 Å². The lowest BCUT2D eigenvalue weighted by Crippen LogP contribution is -2.37. The van der Waals surface area contributed by atoms with Gasteiger partial charge in [0.05, 0.1) is 16.2 Å². The van der Waals surface area contributed by atoms with Crippen LogP contribution in [0.15, 0.2) is 62.9 Å². The van der Waals surface area contributed by atoms with Gasteiger partial charge in [0.15, 0.2) is 5.82 Å². The number of carbonyl (C=O) groups excluding carboxylic acids is 3. The van der Waals surface area contributed by atoms with Gasteiger partial charge in [-0.15, -0.1) is 11.8 Å². The van der Waals surface area contributed by atoms with E-state index in [-0.39, 0.29) is 29.7 Å². The number of benzene rings is 2. The van der Waals surface area contributed by atoms with Crippen molar-refractivity contribution in [3.63, 3.8) is 0 Å². The molecule has 0 spiro atoms. The molecule has 0 atom stereocenters. The molecule has 2 heterocycles. The summed E-state index contributed by atoms with van der Waals surface area (Å²) in [6.07, 6.45) is 1.54. The van der Waals surface area contributed by atoms with Crippen molar-refractivity contribution in [2.75, 3.05) is 13.1 Å². The molecule has 3 aromatic rings. The van der Waals surface area contributed by atoms with Crippen LogP contribution in [-0.4, -0.2) is 45.2 Å². The Morgan fingerprint density at radius 1 is 1.21 bits per heavy atom. The number of amides is 3. The summed E-state index contributed by atoms with van der Waals surface area (Å²) < 4.78 is 18.0. The summed E-state index contributed by atoms with van der Waals surface area (Å²) in [6, 6.07) is 12.7. The average Bonchev–Trinajstić information content (AvgIpc) is 3.36. The molecule has 8 nitrogen and oxygen atoms in total. The van der Waals surface area contributed by atoms with E-state index in [2.05, 4.69) is 15.5 Å². The SMILES string of the molecule is Cc1nc(CSc2ccccc2C(=O)NCCN2C(=O)S/C(=C\c3ccc(F)cc3)C2=O)no1. The molecule has 1 fully saturated rings. The van der Waals surface area contributed by atoms with Crippen LogP contribution in [0.1, 0.15) is 27.6 Å². The Bertz CT molecular complexity index is 1260. The highest BCUT2D eigenvalue weighted by Gasteiger charge is 2.34. The summed E-state index contributed by atoms with van der Waals surface area (Å²) in [4.78, 5) is 43.9. The van der Waals surface area contributed by atoms with Crippen molar-refractivity contribution < 1.29 is 23.3 Å². The second kappa shape index (κ2) is 10.7. The predicted octanol–water partition coefficient (Wildman–Crippen LogP) is 4.28. The Kier molecular flexibility index (Phi) is 7.43. The van der Waals surface area contributed by atoms with Crippen molar-refractivity contribution in [2.45, 2.75) is 17.6 Å². The molecule has 0 unspecified atom stereocenters. The van der Waals surface area contributed by atoms with Crippen molar-refractivity contribution in [2.24, 2.45) is 0 Å². The van der Waals surface area contributed by atoms with E-state index in [1.165, 1.54) is 36.0 Å². The van der Waals surface area contributed by atoms with Crippen LogP contribution < -0.4 is 5.32 Å². The number of imide groups is 1. The van der Waals surface area contributed by atoms with Gasteiger partial charge in [0.1, 0.15) is 5.82 Å². The number of nitrogens with one attached hydrogen (secondary N) is 1. The summed E-state index contributed by atoms with van der Waals surface area (Å²) >= 11 is 2.22. The highest BCUT2D eigenvalue weighted by molar-refractivity contribution is 8.18. The van der Waals surface area contributed by atoms with E-state index in [0.29, 0.717) is 28.6 Å². The number of nitrogens with zero attached hydrogens (tertiary/aromatic N) is 3. The number of aromatic nitrogens is 2. The van der Waals surface area contributed by atoms with Crippen LogP contribution in [0.25, 0.3) is 6.08 Å². The molecule has 2 aromatic carbocycles. The molecule has 1 aromatic heterocycles. The van der Waals surface area contributed by atoms with Crippen molar-refractivity contribution in [1.29, 1.82) is 0 Å². The Morgan fingerprint density at radius 3 is 2.71 bits per heavy atom. The van der Waals surface area contributed by atoms with E-state index in [0.717, 1.165) is 21.6 Å². The highest BCUT2D eigenvalue weighted by atomic mass is 32.2. The van der Waals surface area contributed by atoms with E-state index < -0.39 is 11.1 Å². The summed E-state index contributed by atoms with van der Waals surface area (Å²) in [5.41, 5.74) is 1.09. The smallest absolute Gasteiger partial charge is 0.293 e. The van der Waals surface area contributed by atoms with Gasteiger partial charge in [-0.2, -0.15) is 4.98 Å². The van der Waals surface area contributed by atoms with E-state index >= 15 is 0 Å². The van der Waals surface area contributed by atoms with Gasteiger partial charge in [0.25, 0.3) is 17.1 Å². The number of thioether (sulfide) groups is 2. The molecule has 11 heteroatoms. The molecule has 34 heavy (non-hydrogen) atoms. The monoisotopic (exact) mass is 498 g/mol. The Balaban J connectivity index is 1.33. The standard InChI is InChI=1S/C23H19FN4O4S2/c1-14-26-20(27-32-14)13-33-18-5-3-2-4-17(18)21(29)25-10-11-28-22(30)19(34-23(28)31)12-15-6-8-16(24)9-7-15/h2-9,12H,10-11,13H2,1H3,(H,25,29)/b19-12-. The third kappa shape index (κ3) is 5.72. The van der Waals surface area contributed by atoms with Gasteiger partial charge in [0, 0.05) is 24.9 Å². The van der Waals surface area contributed by atoms with Crippen molar-refractivity contribution in [3.05, 3.63) is 82.1 Å². The van der Waals surface area contributed by atoms with Gasteiger partial charge in [0.2, 0.25) is 5.89 Å². The van der Waals surface area contributed by atoms with Gasteiger partial charge in [-0.25, -0.2) is 4.39 Å². The molecule has 0 saturated carbocycles. The first kappa shape index (κ1) is 23.7. The maximum atomic E-state index is 13.1. The van der Waals surface area contributed by atoms with Crippen LogP contribution in [0.5, 0.6) is 0 Å². The van der Waals surface area contributed by atoms with Crippen LogP contribution in [0, 0.1) is 12.7 Å². The Hall–Kier alpha value is -3.44. The molecule has 3 amide bonds.